The van der Waals surface area contributed by atoms with E-state index >= 15 is 0 Å². The fourth-order valence-corrected chi connectivity index (χ4v) is 1.58. The van der Waals surface area contributed by atoms with E-state index in [1.165, 1.54) is 20.2 Å². The first-order valence-electron chi connectivity index (χ1n) is 6.68. The number of nitrogens with zero attached hydrogens (tertiary/aromatic N) is 1. The zero-order valence-electron chi connectivity index (χ0n) is 13.1. The minimum atomic E-state index is -4.82. The Balaban J connectivity index is 0.00000191. The van der Waals surface area contributed by atoms with Crippen molar-refractivity contribution in [2.75, 3.05) is 14.1 Å². The maximum Gasteiger partial charge on any atom is 0.419 e. The molecule has 0 aromatic heterocycles. The van der Waals surface area contributed by atoms with Gasteiger partial charge in [-0.25, -0.2) is 4.39 Å². The number of hydrogen-bond acceptors (Lipinski definition) is 1. The minimum absolute atomic E-state index is 0.240. The van der Waals surface area contributed by atoms with Crippen LogP contribution in [0, 0.1) is 5.82 Å². The molecule has 1 aromatic carbocycles. The summed E-state index contributed by atoms with van der Waals surface area (Å²) in [5.74, 6) is -2.54. The van der Waals surface area contributed by atoms with Gasteiger partial charge in [-0.1, -0.05) is 27.7 Å². The van der Waals surface area contributed by atoms with Crippen molar-refractivity contribution in [2.45, 2.75) is 39.8 Å². The van der Waals surface area contributed by atoms with Gasteiger partial charge in [0.1, 0.15) is 5.82 Å². The second-order valence-electron chi connectivity index (χ2n) is 4.78. The summed E-state index contributed by atoms with van der Waals surface area (Å²) in [6, 6.07) is 1.93. The topological polar surface area (TPSA) is 20.3 Å². The maximum atomic E-state index is 13.9. The third-order valence-corrected chi connectivity index (χ3v) is 2.70. The van der Waals surface area contributed by atoms with Crippen molar-refractivity contribution in [3.05, 3.63) is 34.6 Å². The molecule has 0 saturated carbocycles. The molecule has 0 bridgehead atoms. The van der Waals surface area contributed by atoms with E-state index in [4.69, 9.17) is 0 Å². The summed E-state index contributed by atoms with van der Waals surface area (Å²) in [6.45, 7) is 7.36. The molecule has 0 unspecified atom stereocenters. The second kappa shape index (κ2) is 7.43. The number of rotatable bonds is 2. The maximum absolute atomic E-state index is 13.9. The van der Waals surface area contributed by atoms with Gasteiger partial charge in [0.05, 0.1) is 11.1 Å². The summed E-state index contributed by atoms with van der Waals surface area (Å²) >= 11 is 0. The highest BCUT2D eigenvalue weighted by Gasteiger charge is 2.37. The highest BCUT2D eigenvalue weighted by atomic mass is 19.4. The summed E-state index contributed by atoms with van der Waals surface area (Å²) in [4.78, 5) is 12.8. The van der Waals surface area contributed by atoms with Gasteiger partial charge in [-0.3, -0.25) is 4.79 Å². The lowest BCUT2D eigenvalue weighted by molar-refractivity contribution is -0.140. The van der Waals surface area contributed by atoms with Crippen molar-refractivity contribution in [3.63, 3.8) is 0 Å². The highest BCUT2D eigenvalue weighted by molar-refractivity contribution is 5.94. The average Bonchev–Trinajstić information content (AvgIpc) is 2.38. The Kier molecular flexibility index (Phi) is 6.86. The third-order valence-electron chi connectivity index (χ3n) is 2.70. The number of benzene rings is 1. The Labute approximate surface area is 122 Å². The molecule has 1 rings (SSSR count). The number of carbonyl (C=O) groups excluding carboxylic acids is 1. The van der Waals surface area contributed by atoms with E-state index in [1.807, 2.05) is 13.8 Å². The molecule has 0 N–H and O–H groups in total. The van der Waals surface area contributed by atoms with Gasteiger partial charge >= 0.3 is 6.18 Å². The number of carbonyl (C=O) groups is 1. The first-order valence-corrected chi connectivity index (χ1v) is 6.68. The van der Waals surface area contributed by atoms with E-state index in [1.54, 1.807) is 13.8 Å². The minimum Gasteiger partial charge on any atom is -0.345 e. The van der Waals surface area contributed by atoms with E-state index in [9.17, 15) is 22.4 Å². The highest BCUT2D eigenvalue weighted by Crippen LogP contribution is 2.35. The zero-order chi connectivity index (χ0) is 17.0. The van der Waals surface area contributed by atoms with Crippen molar-refractivity contribution in [1.29, 1.82) is 0 Å². The molecule has 0 fully saturated rings. The van der Waals surface area contributed by atoms with Crippen molar-refractivity contribution in [2.24, 2.45) is 0 Å². The van der Waals surface area contributed by atoms with Gasteiger partial charge in [0, 0.05) is 14.1 Å². The lowest BCUT2D eigenvalue weighted by Gasteiger charge is -2.17. The van der Waals surface area contributed by atoms with Crippen LogP contribution in [0.25, 0.3) is 0 Å². The average molecular weight is 307 g/mol. The molecule has 2 nitrogen and oxygen atoms in total. The largest absolute Gasteiger partial charge is 0.419 e. The third kappa shape index (κ3) is 4.72. The molecule has 0 radical (unpaired) electrons. The summed E-state index contributed by atoms with van der Waals surface area (Å²) in [6.07, 6.45) is -4.82. The Morgan fingerprint density at radius 3 is 1.95 bits per heavy atom. The fourth-order valence-electron chi connectivity index (χ4n) is 1.58. The van der Waals surface area contributed by atoms with Gasteiger partial charge < -0.3 is 4.90 Å². The lowest BCUT2D eigenvalue weighted by atomic mass is 9.96. The molecule has 1 amide bonds. The fraction of sp³-hybridized carbons (Fsp3) is 0.533. The predicted octanol–water partition coefficient (Wildman–Crippen LogP) is 4.70. The second-order valence-corrected chi connectivity index (χ2v) is 4.78. The van der Waals surface area contributed by atoms with E-state index in [0.29, 0.717) is 0 Å². The van der Waals surface area contributed by atoms with E-state index in [2.05, 4.69) is 0 Å². The molecule has 21 heavy (non-hydrogen) atoms. The Morgan fingerprint density at radius 1 is 1.14 bits per heavy atom. The van der Waals surface area contributed by atoms with Crippen molar-refractivity contribution >= 4 is 5.91 Å². The van der Waals surface area contributed by atoms with Gasteiger partial charge in [0.15, 0.2) is 0 Å². The molecule has 0 spiro atoms. The van der Waals surface area contributed by atoms with Crippen LogP contribution < -0.4 is 0 Å². The Morgan fingerprint density at radius 2 is 1.62 bits per heavy atom. The Hall–Kier alpha value is -1.59. The summed E-state index contributed by atoms with van der Waals surface area (Å²) in [5.41, 5.74) is -1.67. The van der Waals surface area contributed by atoms with Crippen LogP contribution in [0.3, 0.4) is 0 Å². The predicted molar refractivity (Wildman–Crippen MR) is 74.9 cm³/mol. The SMILES string of the molecule is CC.CC(C)c1cc(C(=O)N(C)C)c(F)c(C(F)(F)F)c1. The van der Waals surface area contributed by atoms with Crippen LogP contribution in [-0.2, 0) is 6.18 Å². The van der Waals surface area contributed by atoms with Crippen molar-refractivity contribution in [1.82, 2.24) is 4.90 Å². The number of halogens is 4. The van der Waals surface area contributed by atoms with Crippen LogP contribution in [0.1, 0.15) is 55.1 Å². The molecule has 0 heterocycles. The van der Waals surface area contributed by atoms with Crippen LogP contribution in [0.5, 0.6) is 0 Å². The van der Waals surface area contributed by atoms with Crippen molar-refractivity contribution in [3.8, 4) is 0 Å². The van der Waals surface area contributed by atoms with Crippen LogP contribution in [0.15, 0.2) is 12.1 Å². The molecule has 0 aliphatic carbocycles. The van der Waals surface area contributed by atoms with E-state index < -0.39 is 29.0 Å². The van der Waals surface area contributed by atoms with E-state index in [-0.39, 0.29) is 11.5 Å². The smallest absolute Gasteiger partial charge is 0.345 e. The van der Waals surface area contributed by atoms with Crippen LogP contribution in [0.4, 0.5) is 17.6 Å². The summed E-state index contributed by atoms with van der Waals surface area (Å²) < 4.78 is 52.2. The van der Waals surface area contributed by atoms with Crippen molar-refractivity contribution < 1.29 is 22.4 Å². The molecular weight excluding hydrogens is 286 g/mol. The quantitative estimate of drug-likeness (QED) is 0.725. The zero-order valence-corrected chi connectivity index (χ0v) is 13.1. The summed E-state index contributed by atoms with van der Waals surface area (Å²) in [5, 5.41) is 0. The molecule has 0 aliphatic heterocycles. The van der Waals surface area contributed by atoms with Gasteiger partial charge in [-0.05, 0) is 23.6 Å². The first-order chi connectivity index (χ1) is 9.55. The van der Waals surface area contributed by atoms with Gasteiger partial charge in [-0.15, -0.1) is 0 Å². The van der Waals surface area contributed by atoms with Crippen LogP contribution >= 0.6 is 0 Å². The van der Waals surface area contributed by atoms with Gasteiger partial charge in [0.2, 0.25) is 0 Å². The molecule has 0 atom stereocenters. The van der Waals surface area contributed by atoms with E-state index in [0.717, 1.165) is 11.0 Å². The Bertz CT molecular complexity index is 493. The normalized spacial score (nSPS) is 11.0. The molecule has 120 valence electrons. The standard InChI is InChI=1S/C13H15F4NO.C2H6/c1-7(2)8-5-9(12(19)18(3)4)11(14)10(6-8)13(15,16)17;1-2/h5-7H,1-4H3;1-2H3. The number of alkyl halides is 3. The summed E-state index contributed by atoms with van der Waals surface area (Å²) in [7, 11) is 2.72. The molecular formula is C15H21F4NO. The van der Waals surface area contributed by atoms with Crippen LogP contribution in [-0.4, -0.2) is 24.9 Å². The lowest BCUT2D eigenvalue weighted by Crippen LogP contribution is -2.24. The van der Waals surface area contributed by atoms with Gasteiger partial charge in [0.25, 0.3) is 5.91 Å². The van der Waals surface area contributed by atoms with Crippen LogP contribution in [0.2, 0.25) is 0 Å². The number of amides is 1. The first kappa shape index (κ1) is 19.4. The monoisotopic (exact) mass is 307 g/mol. The molecule has 6 heteroatoms. The number of hydrogen-bond donors (Lipinski definition) is 0. The molecule has 0 aliphatic rings. The molecule has 0 saturated heterocycles. The van der Waals surface area contributed by atoms with Gasteiger partial charge in [-0.2, -0.15) is 13.2 Å². The molecule has 1 aromatic rings.